The summed E-state index contributed by atoms with van der Waals surface area (Å²) < 4.78 is 37.4. The summed E-state index contributed by atoms with van der Waals surface area (Å²) in [5.74, 6) is 0.402. The molecule has 0 aliphatic heterocycles. The molecule has 1 unspecified atom stereocenters. The minimum absolute atomic E-state index is 0.0214. The molecule has 0 heterocycles. The number of anilines is 1. The number of benzene rings is 1. The SMILES string of the molecule is CCC(C)CNc1ccc(C(F)(F)F)cc1C#N. The van der Waals surface area contributed by atoms with Gasteiger partial charge >= 0.3 is 6.18 Å². The van der Waals surface area contributed by atoms with Crippen molar-refractivity contribution in [1.82, 2.24) is 0 Å². The van der Waals surface area contributed by atoms with Crippen LogP contribution in [0.25, 0.3) is 0 Å². The first-order valence-corrected chi connectivity index (χ1v) is 5.73. The van der Waals surface area contributed by atoms with Gasteiger partial charge in [0.25, 0.3) is 0 Å². The molecule has 1 N–H and O–H groups in total. The molecular formula is C13H15F3N2. The first-order valence-electron chi connectivity index (χ1n) is 5.73. The summed E-state index contributed by atoms with van der Waals surface area (Å²) in [4.78, 5) is 0. The Bertz CT molecular complexity index is 447. The van der Waals surface area contributed by atoms with E-state index in [1.54, 1.807) is 6.07 Å². The maximum Gasteiger partial charge on any atom is 0.416 e. The fraction of sp³-hybridized carbons (Fsp3) is 0.462. The fourth-order valence-electron chi connectivity index (χ4n) is 1.40. The molecule has 98 valence electrons. The molecule has 0 aliphatic rings. The molecule has 1 aromatic carbocycles. The molecule has 1 atom stereocenters. The van der Waals surface area contributed by atoms with Gasteiger partial charge in [0.05, 0.1) is 16.8 Å². The highest BCUT2D eigenvalue weighted by Crippen LogP contribution is 2.31. The van der Waals surface area contributed by atoms with Gasteiger partial charge in [-0.15, -0.1) is 0 Å². The van der Waals surface area contributed by atoms with E-state index in [0.29, 0.717) is 18.2 Å². The van der Waals surface area contributed by atoms with Gasteiger partial charge in [0.1, 0.15) is 6.07 Å². The lowest BCUT2D eigenvalue weighted by Gasteiger charge is -2.14. The fourth-order valence-corrected chi connectivity index (χ4v) is 1.40. The highest BCUT2D eigenvalue weighted by atomic mass is 19.4. The number of hydrogen-bond acceptors (Lipinski definition) is 2. The van der Waals surface area contributed by atoms with E-state index in [-0.39, 0.29) is 5.56 Å². The molecule has 18 heavy (non-hydrogen) atoms. The topological polar surface area (TPSA) is 35.8 Å². The van der Waals surface area contributed by atoms with E-state index in [0.717, 1.165) is 18.6 Å². The Morgan fingerprint density at radius 2 is 2.06 bits per heavy atom. The van der Waals surface area contributed by atoms with Gasteiger partial charge in [-0.05, 0) is 24.1 Å². The highest BCUT2D eigenvalue weighted by Gasteiger charge is 2.31. The molecule has 0 saturated heterocycles. The number of nitrogens with zero attached hydrogens (tertiary/aromatic N) is 1. The van der Waals surface area contributed by atoms with Gasteiger partial charge in [-0.25, -0.2) is 0 Å². The van der Waals surface area contributed by atoms with E-state index in [4.69, 9.17) is 5.26 Å². The first kappa shape index (κ1) is 14.4. The molecule has 0 aliphatic carbocycles. The van der Waals surface area contributed by atoms with Crippen LogP contribution in [-0.2, 0) is 6.18 Å². The molecule has 0 radical (unpaired) electrons. The molecule has 0 saturated carbocycles. The van der Waals surface area contributed by atoms with Crippen LogP contribution in [0.1, 0.15) is 31.4 Å². The molecule has 1 rings (SSSR count). The van der Waals surface area contributed by atoms with Crippen molar-refractivity contribution in [2.45, 2.75) is 26.4 Å². The lowest BCUT2D eigenvalue weighted by molar-refractivity contribution is -0.137. The minimum Gasteiger partial charge on any atom is -0.384 e. The van der Waals surface area contributed by atoms with E-state index in [9.17, 15) is 13.2 Å². The van der Waals surface area contributed by atoms with Crippen molar-refractivity contribution in [2.24, 2.45) is 5.92 Å². The lowest BCUT2D eigenvalue weighted by atomic mass is 10.1. The number of alkyl halides is 3. The second-order valence-electron chi connectivity index (χ2n) is 4.26. The zero-order valence-corrected chi connectivity index (χ0v) is 10.3. The Morgan fingerprint density at radius 1 is 1.39 bits per heavy atom. The van der Waals surface area contributed by atoms with Gasteiger partial charge in [-0.2, -0.15) is 18.4 Å². The van der Waals surface area contributed by atoms with Crippen molar-refractivity contribution < 1.29 is 13.2 Å². The third-order valence-electron chi connectivity index (χ3n) is 2.81. The van der Waals surface area contributed by atoms with Crippen LogP contribution in [0.15, 0.2) is 18.2 Å². The number of nitriles is 1. The van der Waals surface area contributed by atoms with Gasteiger partial charge in [-0.3, -0.25) is 0 Å². The van der Waals surface area contributed by atoms with Gasteiger partial charge in [-0.1, -0.05) is 20.3 Å². The Morgan fingerprint density at radius 3 is 2.56 bits per heavy atom. The second-order valence-corrected chi connectivity index (χ2v) is 4.26. The molecule has 0 spiro atoms. The Labute approximate surface area is 104 Å². The summed E-state index contributed by atoms with van der Waals surface area (Å²) >= 11 is 0. The third kappa shape index (κ3) is 3.66. The van der Waals surface area contributed by atoms with Crippen molar-refractivity contribution >= 4 is 5.69 Å². The van der Waals surface area contributed by atoms with E-state index in [1.807, 2.05) is 13.8 Å². The molecule has 0 amide bonds. The predicted octanol–water partition coefficient (Wildman–Crippen LogP) is 4.04. The maximum atomic E-state index is 12.5. The van der Waals surface area contributed by atoms with Crippen molar-refractivity contribution in [2.75, 3.05) is 11.9 Å². The summed E-state index contributed by atoms with van der Waals surface area (Å²) in [5.41, 5.74) is -0.327. The largest absolute Gasteiger partial charge is 0.416 e. The van der Waals surface area contributed by atoms with E-state index in [2.05, 4.69) is 5.32 Å². The smallest absolute Gasteiger partial charge is 0.384 e. The van der Waals surface area contributed by atoms with Crippen LogP contribution in [0.4, 0.5) is 18.9 Å². The molecule has 0 fully saturated rings. The van der Waals surface area contributed by atoms with Crippen molar-refractivity contribution in [1.29, 1.82) is 5.26 Å². The Balaban J connectivity index is 2.92. The summed E-state index contributed by atoms with van der Waals surface area (Å²) in [5, 5.41) is 11.9. The molecule has 0 aromatic heterocycles. The summed E-state index contributed by atoms with van der Waals surface area (Å²) in [6.07, 6.45) is -3.45. The van der Waals surface area contributed by atoms with E-state index >= 15 is 0 Å². The van der Waals surface area contributed by atoms with E-state index < -0.39 is 11.7 Å². The van der Waals surface area contributed by atoms with Gasteiger partial charge in [0, 0.05) is 6.54 Å². The van der Waals surface area contributed by atoms with Crippen LogP contribution < -0.4 is 5.32 Å². The molecular weight excluding hydrogens is 241 g/mol. The lowest BCUT2D eigenvalue weighted by Crippen LogP contribution is -2.12. The standard InChI is InChI=1S/C13H15F3N2/c1-3-9(2)8-18-12-5-4-11(13(14,15)16)6-10(12)7-17/h4-6,9,18H,3,8H2,1-2H3. The summed E-state index contributed by atoms with van der Waals surface area (Å²) in [7, 11) is 0. The highest BCUT2D eigenvalue weighted by molar-refractivity contribution is 5.59. The zero-order valence-electron chi connectivity index (χ0n) is 10.3. The molecule has 1 aromatic rings. The van der Waals surface area contributed by atoms with E-state index in [1.165, 1.54) is 6.07 Å². The quantitative estimate of drug-likeness (QED) is 0.882. The van der Waals surface area contributed by atoms with Crippen LogP contribution >= 0.6 is 0 Å². The second kappa shape index (κ2) is 5.76. The van der Waals surface area contributed by atoms with Crippen LogP contribution in [0.2, 0.25) is 0 Å². The number of hydrogen-bond donors (Lipinski definition) is 1. The average molecular weight is 256 g/mol. The number of rotatable bonds is 4. The molecule has 5 heteroatoms. The molecule has 2 nitrogen and oxygen atoms in total. The van der Waals surface area contributed by atoms with Crippen LogP contribution in [-0.4, -0.2) is 6.54 Å². The Hall–Kier alpha value is -1.70. The van der Waals surface area contributed by atoms with Gasteiger partial charge < -0.3 is 5.32 Å². The predicted molar refractivity (Wildman–Crippen MR) is 64.1 cm³/mol. The van der Waals surface area contributed by atoms with Crippen LogP contribution in [0.3, 0.4) is 0 Å². The first-order chi connectivity index (χ1) is 8.38. The maximum absolute atomic E-state index is 12.5. The monoisotopic (exact) mass is 256 g/mol. The molecule has 0 bridgehead atoms. The third-order valence-corrected chi connectivity index (χ3v) is 2.81. The average Bonchev–Trinajstić information content (AvgIpc) is 2.34. The number of halogens is 3. The van der Waals surface area contributed by atoms with Crippen LogP contribution in [0.5, 0.6) is 0 Å². The van der Waals surface area contributed by atoms with Crippen LogP contribution in [0, 0.1) is 17.2 Å². The summed E-state index contributed by atoms with van der Waals surface area (Å²) in [6.45, 7) is 4.70. The van der Waals surface area contributed by atoms with Gasteiger partial charge in [0.2, 0.25) is 0 Å². The Kier molecular flexibility index (Phi) is 4.60. The summed E-state index contributed by atoms with van der Waals surface area (Å²) in [6, 6.07) is 4.96. The van der Waals surface area contributed by atoms with Gasteiger partial charge in [0.15, 0.2) is 0 Å². The van der Waals surface area contributed by atoms with Crippen molar-refractivity contribution in [3.05, 3.63) is 29.3 Å². The number of nitrogens with one attached hydrogen (secondary N) is 1. The van der Waals surface area contributed by atoms with Crippen molar-refractivity contribution in [3.63, 3.8) is 0 Å². The van der Waals surface area contributed by atoms with Crippen molar-refractivity contribution in [3.8, 4) is 6.07 Å². The normalized spacial score (nSPS) is 12.9. The zero-order chi connectivity index (χ0) is 13.8. The minimum atomic E-state index is -4.42.